The predicted molar refractivity (Wildman–Crippen MR) is 165 cm³/mol. The largest absolute Gasteiger partial charge is 0.461 e. The number of halogens is 6. The fraction of sp³-hybridized carbons (Fsp3) is 0.452. The van der Waals surface area contributed by atoms with Crippen molar-refractivity contribution in [1.82, 2.24) is 14.9 Å². The van der Waals surface area contributed by atoms with Crippen LogP contribution in [0.15, 0.2) is 18.2 Å². The number of nitrogens with zero attached hydrogens (tertiary/aromatic N) is 5. The van der Waals surface area contributed by atoms with E-state index in [9.17, 15) is 27.2 Å². The quantitative estimate of drug-likeness (QED) is 0.228. The number of aromatic nitrogens is 2. The maximum absolute atomic E-state index is 16.9. The second-order valence-corrected chi connectivity index (χ2v) is 14.6. The highest BCUT2D eigenvalue weighted by Gasteiger charge is 2.50. The molecular weight excluding hydrogens is 651 g/mol. The van der Waals surface area contributed by atoms with E-state index >= 15 is 4.39 Å². The number of anilines is 2. The molecule has 0 saturated carbocycles. The first-order chi connectivity index (χ1) is 22.0. The molecule has 2 aromatic carbocycles. The van der Waals surface area contributed by atoms with E-state index in [0.29, 0.717) is 24.3 Å². The van der Waals surface area contributed by atoms with Gasteiger partial charge in [0.2, 0.25) is 0 Å². The molecule has 0 radical (unpaired) electrons. The number of hydrogen-bond donors (Lipinski definition) is 1. The molecule has 4 atom stereocenters. The van der Waals surface area contributed by atoms with Gasteiger partial charge in [-0.2, -0.15) is 40.2 Å². The average molecular weight is 677 g/mol. The Morgan fingerprint density at radius 2 is 1.96 bits per heavy atom. The fourth-order valence-corrected chi connectivity index (χ4v) is 10.0. The minimum atomic E-state index is -5.04. The average Bonchev–Trinajstić information content (AvgIpc) is 3.66. The first-order valence-electron chi connectivity index (χ1n) is 14.9. The van der Waals surface area contributed by atoms with E-state index in [0.717, 1.165) is 49.1 Å². The van der Waals surface area contributed by atoms with Gasteiger partial charge in [0.05, 0.1) is 21.4 Å². The van der Waals surface area contributed by atoms with Crippen LogP contribution in [0.1, 0.15) is 36.8 Å². The van der Waals surface area contributed by atoms with Crippen LogP contribution in [0, 0.1) is 23.0 Å². The van der Waals surface area contributed by atoms with Crippen molar-refractivity contribution >= 4 is 54.9 Å². The van der Waals surface area contributed by atoms with Crippen molar-refractivity contribution in [3.63, 3.8) is 0 Å². The number of benzene rings is 2. The molecule has 4 aliphatic rings. The highest BCUT2D eigenvalue weighted by Crippen LogP contribution is 2.50. The van der Waals surface area contributed by atoms with Crippen molar-refractivity contribution in [2.24, 2.45) is 0 Å². The van der Waals surface area contributed by atoms with Crippen LogP contribution in [0.5, 0.6) is 6.01 Å². The van der Waals surface area contributed by atoms with Gasteiger partial charge in [-0.25, -0.2) is 13.2 Å². The molecule has 15 heteroatoms. The zero-order valence-corrected chi connectivity index (χ0v) is 25.8. The first-order valence-corrected chi connectivity index (χ1v) is 16.9. The van der Waals surface area contributed by atoms with E-state index in [1.807, 2.05) is 15.9 Å². The third kappa shape index (κ3) is 4.43. The molecule has 0 amide bonds. The van der Waals surface area contributed by atoms with Crippen LogP contribution in [0.4, 0.5) is 37.2 Å². The summed E-state index contributed by atoms with van der Waals surface area (Å²) in [5, 5.41) is 9.36. The molecule has 0 spiro atoms. The summed E-state index contributed by atoms with van der Waals surface area (Å²) in [6.45, 7) is 1.07. The van der Waals surface area contributed by atoms with Crippen LogP contribution in [-0.4, -0.2) is 69.9 Å². The van der Waals surface area contributed by atoms with Gasteiger partial charge >= 0.3 is 12.2 Å². The zero-order chi connectivity index (χ0) is 32.1. The Hall–Kier alpha value is -3.48. The number of nitrogens with two attached hydrogens (primary N) is 1. The third-order valence-electron chi connectivity index (χ3n) is 9.82. The highest BCUT2D eigenvalue weighted by atomic mass is 32.2. The Morgan fingerprint density at radius 3 is 2.67 bits per heavy atom. The Balaban J connectivity index is 1.35. The summed E-state index contributed by atoms with van der Waals surface area (Å²) < 4.78 is 96.7. The summed E-state index contributed by atoms with van der Waals surface area (Å²) in [5.74, 6) is -0.465. The summed E-state index contributed by atoms with van der Waals surface area (Å²) >= 11 is 2.45. The Labute approximate surface area is 267 Å². The maximum Gasteiger partial charge on any atom is 0.417 e. The van der Waals surface area contributed by atoms with Gasteiger partial charge in [-0.1, -0.05) is 6.07 Å². The molecule has 0 aliphatic carbocycles. The number of thioether (sulfide) groups is 1. The Bertz CT molecular complexity index is 1950. The first kappa shape index (κ1) is 29.9. The summed E-state index contributed by atoms with van der Waals surface area (Å²) in [4.78, 5) is 12.9. The van der Waals surface area contributed by atoms with E-state index in [1.54, 1.807) is 11.8 Å². The number of rotatable bonds is 5. The van der Waals surface area contributed by atoms with Gasteiger partial charge in [0.15, 0.2) is 5.82 Å². The van der Waals surface area contributed by atoms with Crippen LogP contribution in [0.2, 0.25) is 0 Å². The van der Waals surface area contributed by atoms with E-state index in [2.05, 4.69) is 9.97 Å². The molecule has 240 valence electrons. The minimum Gasteiger partial charge on any atom is -0.461 e. The molecule has 4 aromatic rings. The molecule has 7 nitrogen and oxygen atoms in total. The molecule has 6 heterocycles. The van der Waals surface area contributed by atoms with E-state index < -0.39 is 46.2 Å². The number of alkyl halides is 4. The summed E-state index contributed by atoms with van der Waals surface area (Å²) in [6.07, 6.45) is -3.35. The number of thiophene rings is 1. The van der Waals surface area contributed by atoms with Crippen molar-refractivity contribution < 1.29 is 31.1 Å². The van der Waals surface area contributed by atoms with Crippen LogP contribution >= 0.6 is 23.1 Å². The number of nitriles is 1. The van der Waals surface area contributed by atoms with Crippen molar-refractivity contribution in [1.29, 1.82) is 5.26 Å². The minimum absolute atomic E-state index is 0.00140. The van der Waals surface area contributed by atoms with Crippen LogP contribution in [0.3, 0.4) is 0 Å². The summed E-state index contributed by atoms with van der Waals surface area (Å²) in [7, 11) is 0. The standard InChI is InChI=1S/C31H26F6N6OS2/c32-14-8-30(4-1-5-42(30)10-14)13-44-29-40-25-18(28(41-29)43-15-6-16(43)12-45-11-15)7-20(31(35,36)37)23(24(25)34)17-2-3-21(33)26-22(17)19(9-38)27(39)46-26/h2-3,7,14-16H,1,4-6,8,10-13,39H2. The van der Waals surface area contributed by atoms with Crippen LogP contribution in [-0.2, 0) is 6.18 Å². The lowest BCUT2D eigenvalue weighted by Gasteiger charge is -2.53. The molecular formula is C31H26F6N6OS2. The molecule has 2 N–H and O–H groups in total. The number of ether oxygens (including phenoxy) is 1. The zero-order valence-electron chi connectivity index (χ0n) is 24.1. The van der Waals surface area contributed by atoms with E-state index in [-0.39, 0.29) is 68.5 Å². The molecule has 4 unspecified atom stereocenters. The van der Waals surface area contributed by atoms with Gasteiger partial charge in [0.25, 0.3) is 0 Å². The van der Waals surface area contributed by atoms with Gasteiger partial charge < -0.3 is 15.4 Å². The van der Waals surface area contributed by atoms with Crippen molar-refractivity contribution in [2.75, 3.05) is 41.8 Å². The second kappa shape index (κ2) is 10.5. The molecule has 2 aromatic heterocycles. The van der Waals surface area contributed by atoms with Gasteiger partial charge in [-0.15, -0.1) is 11.3 Å². The lowest BCUT2D eigenvalue weighted by atomic mass is 9.91. The fourth-order valence-electron chi connectivity index (χ4n) is 7.78. The molecule has 8 rings (SSSR count). The SMILES string of the molecule is N#Cc1c(N)sc2c(F)ccc(-c3c(C(F)(F)F)cc4c(N5C6CSCC5C6)nc(OCC56CCCN5CC(F)C6)nc4c3F)c12. The van der Waals surface area contributed by atoms with E-state index in [4.69, 9.17) is 10.5 Å². The number of nitrogen functional groups attached to an aromatic ring is 1. The lowest BCUT2D eigenvalue weighted by molar-refractivity contribution is -0.137. The van der Waals surface area contributed by atoms with Crippen molar-refractivity contribution in [3.05, 3.63) is 41.0 Å². The van der Waals surface area contributed by atoms with Gasteiger partial charge in [0.1, 0.15) is 41.0 Å². The number of fused-ring (bicyclic) bond motifs is 5. The summed E-state index contributed by atoms with van der Waals surface area (Å²) in [6, 6.07) is 4.43. The molecule has 2 bridgehead atoms. The Kier molecular flexibility index (Phi) is 6.83. The second-order valence-electron chi connectivity index (χ2n) is 12.4. The van der Waals surface area contributed by atoms with Crippen molar-refractivity contribution in [3.8, 4) is 23.2 Å². The predicted octanol–water partition coefficient (Wildman–Crippen LogP) is 6.91. The lowest BCUT2D eigenvalue weighted by Crippen LogP contribution is -2.62. The van der Waals surface area contributed by atoms with Gasteiger partial charge in [0, 0.05) is 52.9 Å². The topological polar surface area (TPSA) is 91.3 Å². The molecule has 4 aliphatic heterocycles. The molecule has 46 heavy (non-hydrogen) atoms. The molecule has 4 fully saturated rings. The van der Waals surface area contributed by atoms with Gasteiger partial charge in [-0.3, -0.25) is 4.90 Å². The van der Waals surface area contributed by atoms with Crippen LogP contribution in [0.25, 0.3) is 32.1 Å². The van der Waals surface area contributed by atoms with E-state index in [1.165, 1.54) is 0 Å². The maximum atomic E-state index is 16.9. The summed E-state index contributed by atoms with van der Waals surface area (Å²) in [5.41, 5.74) is 2.26. The van der Waals surface area contributed by atoms with Gasteiger partial charge in [-0.05, 0) is 43.5 Å². The Morgan fingerprint density at radius 1 is 1.17 bits per heavy atom. The van der Waals surface area contributed by atoms with Crippen molar-refractivity contribution in [2.45, 2.75) is 55.7 Å². The normalized spacial score (nSPS) is 26.0. The number of hydrogen-bond acceptors (Lipinski definition) is 9. The van der Waals surface area contributed by atoms with Crippen LogP contribution < -0.4 is 15.4 Å². The highest BCUT2D eigenvalue weighted by molar-refractivity contribution is 7.99. The third-order valence-corrected chi connectivity index (χ3v) is 12.1. The smallest absolute Gasteiger partial charge is 0.417 e. The monoisotopic (exact) mass is 676 g/mol. The molecule has 4 saturated heterocycles.